The molecule has 2 fully saturated rings. The van der Waals surface area contributed by atoms with Gasteiger partial charge in [-0.25, -0.2) is 0 Å². The summed E-state index contributed by atoms with van der Waals surface area (Å²) in [5.74, 6) is 0. The predicted molar refractivity (Wildman–Crippen MR) is 61.5 cm³/mol. The molecule has 2 saturated heterocycles. The molecule has 0 aromatic carbocycles. The van der Waals surface area contributed by atoms with Crippen molar-refractivity contribution in [3.05, 3.63) is 0 Å². The Hall–Kier alpha value is 0.860. The molecule has 0 amide bonds. The van der Waals surface area contributed by atoms with Crippen molar-refractivity contribution >= 4 is 15.8 Å². The highest BCUT2D eigenvalue weighted by molar-refractivity contribution is 7.62. The fraction of sp³-hybridized carbons (Fsp3) is 1.00. The van der Waals surface area contributed by atoms with Crippen molar-refractivity contribution < 1.29 is 0 Å². The molecule has 2 unspecified atom stereocenters. The van der Waals surface area contributed by atoms with Gasteiger partial charge in [0.1, 0.15) is 0 Å². The highest BCUT2D eigenvalue weighted by Gasteiger charge is 2.35. The van der Waals surface area contributed by atoms with Gasteiger partial charge in [-0.2, -0.15) is 0 Å². The second-order valence-electron chi connectivity index (χ2n) is 4.38. The second kappa shape index (κ2) is 3.93. The van der Waals surface area contributed by atoms with Crippen LogP contribution in [0.1, 0.15) is 25.7 Å². The molecule has 0 radical (unpaired) electrons. The third-order valence-corrected chi connectivity index (χ3v) is 9.38. The molecule has 2 aliphatic rings. The van der Waals surface area contributed by atoms with E-state index in [-0.39, 0.29) is 0 Å². The van der Waals surface area contributed by atoms with Crippen molar-refractivity contribution in [3.63, 3.8) is 0 Å². The summed E-state index contributed by atoms with van der Waals surface area (Å²) in [6, 6.07) is 0. The third-order valence-electron chi connectivity index (χ3n) is 3.60. The molecule has 0 nitrogen and oxygen atoms in total. The maximum absolute atomic E-state index is 2.55. The van der Waals surface area contributed by atoms with Crippen molar-refractivity contribution in [1.29, 1.82) is 0 Å². The normalized spacial score (nSPS) is 48.5. The first kappa shape index (κ1) is 9.42. The minimum atomic E-state index is 0.450. The van der Waals surface area contributed by atoms with Gasteiger partial charge in [-0.1, -0.05) is 0 Å². The molecule has 70 valence electrons. The van der Waals surface area contributed by atoms with E-state index >= 15 is 0 Å². The van der Waals surface area contributed by atoms with Gasteiger partial charge in [-0.15, -0.1) is 15.8 Å². The number of rotatable bonds is 1. The van der Waals surface area contributed by atoms with E-state index < -0.39 is 0 Å². The van der Waals surface area contributed by atoms with Crippen LogP contribution in [0.3, 0.4) is 0 Å². The zero-order chi connectivity index (χ0) is 8.55. The zero-order valence-electron chi connectivity index (χ0n) is 8.29. The highest BCUT2D eigenvalue weighted by atomic mass is 31.1. The van der Waals surface area contributed by atoms with E-state index in [9.17, 15) is 0 Å². The lowest BCUT2D eigenvalue weighted by atomic mass is 10.1. The SMILES string of the molecule is CP1CCCC1[C@H]1CCC[P@@]1C. The van der Waals surface area contributed by atoms with Crippen molar-refractivity contribution in [2.24, 2.45) is 0 Å². The van der Waals surface area contributed by atoms with E-state index in [1.165, 1.54) is 11.3 Å². The van der Waals surface area contributed by atoms with E-state index in [0.29, 0.717) is 15.8 Å². The average molecular weight is 202 g/mol. The van der Waals surface area contributed by atoms with Crippen LogP contribution in [0.4, 0.5) is 0 Å². The molecule has 2 aliphatic heterocycles. The van der Waals surface area contributed by atoms with Crippen LogP contribution in [0.15, 0.2) is 0 Å². The lowest BCUT2D eigenvalue weighted by Crippen LogP contribution is -2.16. The number of hydrogen-bond donors (Lipinski definition) is 0. The van der Waals surface area contributed by atoms with E-state index in [1.54, 1.807) is 38.0 Å². The van der Waals surface area contributed by atoms with Gasteiger partial charge in [-0.3, -0.25) is 0 Å². The Morgan fingerprint density at radius 1 is 0.833 bits per heavy atom. The molecule has 0 spiro atoms. The summed E-state index contributed by atoms with van der Waals surface area (Å²) in [5, 5.41) is 0. The molecule has 0 aromatic rings. The van der Waals surface area contributed by atoms with Crippen LogP contribution in [0.2, 0.25) is 0 Å². The minimum absolute atomic E-state index is 0.450. The van der Waals surface area contributed by atoms with Crippen LogP contribution in [-0.4, -0.2) is 37.0 Å². The molecule has 4 atom stereocenters. The lowest BCUT2D eigenvalue weighted by Gasteiger charge is -2.26. The van der Waals surface area contributed by atoms with E-state index in [1.807, 2.05) is 0 Å². The standard InChI is InChI=1S/C10H20P2/c1-11-7-3-5-9(11)10-6-4-8-12(10)2/h9-10H,3-8H2,1-2H3/t9-,10?,11-,12?/m1/s1. The topological polar surface area (TPSA) is 0 Å². The second-order valence-corrected chi connectivity index (χ2v) is 9.63. The summed E-state index contributed by atoms with van der Waals surface area (Å²) in [6.45, 7) is 5.10. The lowest BCUT2D eigenvalue weighted by molar-refractivity contribution is 0.696. The molecule has 12 heavy (non-hydrogen) atoms. The van der Waals surface area contributed by atoms with Crippen LogP contribution in [0.5, 0.6) is 0 Å². The summed E-state index contributed by atoms with van der Waals surface area (Å²) in [5.41, 5.74) is 2.39. The zero-order valence-corrected chi connectivity index (χ0v) is 10.1. The molecular weight excluding hydrogens is 182 g/mol. The Kier molecular flexibility index (Phi) is 3.09. The first-order valence-corrected chi connectivity index (χ1v) is 9.28. The molecule has 0 saturated carbocycles. The maximum Gasteiger partial charge on any atom is -0.0144 e. The van der Waals surface area contributed by atoms with Gasteiger partial charge in [0.05, 0.1) is 0 Å². The van der Waals surface area contributed by atoms with Crippen LogP contribution in [0.25, 0.3) is 0 Å². The van der Waals surface area contributed by atoms with E-state index in [2.05, 4.69) is 13.3 Å². The minimum Gasteiger partial charge on any atom is -0.106 e. The Labute approximate surface area is 79.0 Å². The Morgan fingerprint density at radius 2 is 1.25 bits per heavy atom. The van der Waals surface area contributed by atoms with E-state index in [4.69, 9.17) is 0 Å². The Morgan fingerprint density at radius 3 is 1.50 bits per heavy atom. The molecule has 0 bridgehead atoms. The summed E-state index contributed by atoms with van der Waals surface area (Å²) in [4.78, 5) is 0. The fourth-order valence-corrected chi connectivity index (χ4v) is 8.96. The van der Waals surface area contributed by atoms with Crippen molar-refractivity contribution in [3.8, 4) is 0 Å². The smallest absolute Gasteiger partial charge is 0.0144 e. The molecule has 2 heteroatoms. The van der Waals surface area contributed by atoms with E-state index in [0.717, 1.165) is 0 Å². The largest absolute Gasteiger partial charge is 0.106 e. The molecule has 2 rings (SSSR count). The first-order chi connectivity index (χ1) is 5.79. The summed E-state index contributed by atoms with van der Waals surface area (Å²) in [6.07, 6.45) is 9.43. The fourth-order valence-electron chi connectivity index (χ4n) is 2.84. The van der Waals surface area contributed by atoms with Gasteiger partial charge in [0.15, 0.2) is 0 Å². The molecule has 0 aromatic heterocycles. The Balaban J connectivity index is 1.98. The molecular formula is C10H20P2. The van der Waals surface area contributed by atoms with Crippen LogP contribution < -0.4 is 0 Å². The summed E-state index contributed by atoms with van der Waals surface area (Å²) in [7, 11) is 0.900. The Bertz CT molecular complexity index is 140. The maximum atomic E-state index is 2.55. The molecule has 0 aliphatic carbocycles. The van der Waals surface area contributed by atoms with Gasteiger partial charge in [0.2, 0.25) is 0 Å². The van der Waals surface area contributed by atoms with Gasteiger partial charge in [-0.05, 0) is 62.7 Å². The van der Waals surface area contributed by atoms with Crippen molar-refractivity contribution in [2.45, 2.75) is 37.0 Å². The molecule has 0 N–H and O–H groups in total. The van der Waals surface area contributed by atoms with Gasteiger partial charge >= 0.3 is 0 Å². The summed E-state index contributed by atoms with van der Waals surface area (Å²) >= 11 is 0. The van der Waals surface area contributed by atoms with Crippen LogP contribution >= 0.6 is 15.8 Å². The average Bonchev–Trinajstić information content (AvgIpc) is 2.59. The monoisotopic (exact) mass is 202 g/mol. The van der Waals surface area contributed by atoms with Crippen molar-refractivity contribution in [2.75, 3.05) is 25.7 Å². The summed E-state index contributed by atoms with van der Waals surface area (Å²) < 4.78 is 0. The van der Waals surface area contributed by atoms with Crippen molar-refractivity contribution in [1.82, 2.24) is 0 Å². The van der Waals surface area contributed by atoms with Gasteiger partial charge in [0, 0.05) is 0 Å². The van der Waals surface area contributed by atoms with Gasteiger partial charge < -0.3 is 0 Å². The van der Waals surface area contributed by atoms with Crippen LogP contribution in [0, 0.1) is 0 Å². The first-order valence-electron chi connectivity index (χ1n) is 5.19. The van der Waals surface area contributed by atoms with Gasteiger partial charge in [0.25, 0.3) is 0 Å². The predicted octanol–water partition coefficient (Wildman–Crippen LogP) is 3.53. The highest BCUT2D eigenvalue weighted by Crippen LogP contribution is 2.59. The molecule has 2 heterocycles. The third kappa shape index (κ3) is 1.71. The quantitative estimate of drug-likeness (QED) is 0.570. The van der Waals surface area contributed by atoms with Crippen LogP contribution in [-0.2, 0) is 0 Å². The number of hydrogen-bond acceptors (Lipinski definition) is 0.